The van der Waals surface area contributed by atoms with Crippen molar-refractivity contribution in [3.8, 4) is 5.69 Å². The molecule has 33 heavy (non-hydrogen) atoms. The van der Waals surface area contributed by atoms with E-state index in [9.17, 15) is 19.5 Å². The molecular weight excluding hydrogens is 575 g/mol. The average molecular weight is 593 g/mol. The van der Waals surface area contributed by atoms with Crippen LogP contribution in [0, 0.1) is 17.4 Å². The Morgan fingerprint density at radius 3 is 2.48 bits per heavy atom. The zero-order valence-corrected chi connectivity index (χ0v) is 21.4. The summed E-state index contributed by atoms with van der Waals surface area (Å²) in [6, 6.07) is 14.4. The van der Waals surface area contributed by atoms with Crippen molar-refractivity contribution in [1.82, 2.24) is 9.47 Å². The third-order valence-electron chi connectivity index (χ3n) is 5.32. The number of carboxylic acid groups (broad SMARTS) is 1. The van der Waals surface area contributed by atoms with E-state index in [4.69, 9.17) is 11.6 Å². The highest BCUT2D eigenvalue weighted by Gasteiger charge is 2.35. The van der Waals surface area contributed by atoms with Gasteiger partial charge in [-0.05, 0) is 102 Å². The van der Waals surface area contributed by atoms with Gasteiger partial charge in [0.1, 0.15) is 0 Å². The fourth-order valence-corrected chi connectivity index (χ4v) is 5.08. The van der Waals surface area contributed by atoms with Gasteiger partial charge in [0.05, 0.1) is 22.0 Å². The van der Waals surface area contributed by atoms with Crippen molar-refractivity contribution in [3.63, 3.8) is 0 Å². The Morgan fingerprint density at radius 2 is 1.82 bits per heavy atom. The number of amides is 2. The predicted octanol–water partition coefficient (Wildman–Crippen LogP) is 6.29. The van der Waals surface area contributed by atoms with Gasteiger partial charge in [0.2, 0.25) is 0 Å². The van der Waals surface area contributed by atoms with Crippen LogP contribution in [0.2, 0.25) is 5.02 Å². The zero-order valence-electron chi connectivity index (χ0n) is 17.6. The van der Waals surface area contributed by atoms with Gasteiger partial charge in [0, 0.05) is 20.6 Å². The molecule has 0 atom stereocenters. The maximum absolute atomic E-state index is 12.9. The smallest absolute Gasteiger partial charge is 0.337 e. The Labute approximate surface area is 213 Å². The molecule has 1 aromatic heterocycles. The Kier molecular flexibility index (Phi) is 6.69. The van der Waals surface area contributed by atoms with Crippen LogP contribution in [0.3, 0.4) is 0 Å². The highest BCUT2D eigenvalue weighted by atomic mass is 127. The van der Waals surface area contributed by atoms with Crippen molar-refractivity contribution in [2.24, 2.45) is 0 Å². The van der Waals surface area contributed by atoms with Crippen LogP contribution in [0.25, 0.3) is 11.8 Å². The standard InChI is InChI=1S/C24H18ClIN2O4S/c1-13-9-16(14(2)28(13)18-7-8-20(25)19(11-18)23(30)31)10-21-22(29)27(24(32)33-21)12-15-3-5-17(26)6-4-15/h3-11H,12H2,1-2H3,(H,30,31)/b21-10-. The SMILES string of the molecule is Cc1cc(/C=C2\SC(=O)N(Cc3ccc(I)cc3)C2=O)c(C)n1-c1ccc(Cl)c(C(=O)O)c1. The van der Waals surface area contributed by atoms with E-state index in [-0.39, 0.29) is 28.3 Å². The minimum Gasteiger partial charge on any atom is -0.478 e. The molecule has 9 heteroatoms. The lowest BCUT2D eigenvalue weighted by Gasteiger charge is -2.12. The van der Waals surface area contributed by atoms with E-state index in [1.807, 2.05) is 48.7 Å². The van der Waals surface area contributed by atoms with Gasteiger partial charge in [-0.2, -0.15) is 0 Å². The van der Waals surface area contributed by atoms with Gasteiger partial charge in [0.25, 0.3) is 11.1 Å². The largest absolute Gasteiger partial charge is 0.478 e. The lowest BCUT2D eigenvalue weighted by molar-refractivity contribution is -0.123. The maximum atomic E-state index is 12.9. The van der Waals surface area contributed by atoms with Crippen LogP contribution in [0.5, 0.6) is 0 Å². The summed E-state index contributed by atoms with van der Waals surface area (Å²) < 4.78 is 2.97. The number of aryl methyl sites for hydroxylation is 1. The molecule has 0 bridgehead atoms. The minimum absolute atomic E-state index is 0.0138. The third kappa shape index (κ3) is 4.73. The van der Waals surface area contributed by atoms with E-state index in [1.54, 1.807) is 18.2 Å². The first-order valence-corrected chi connectivity index (χ1v) is 12.1. The summed E-state index contributed by atoms with van der Waals surface area (Å²) in [4.78, 5) is 38.5. The predicted molar refractivity (Wildman–Crippen MR) is 138 cm³/mol. The van der Waals surface area contributed by atoms with Gasteiger partial charge in [-0.1, -0.05) is 23.7 Å². The highest BCUT2D eigenvalue weighted by molar-refractivity contribution is 14.1. The third-order valence-corrected chi connectivity index (χ3v) is 7.28. The molecule has 0 aliphatic carbocycles. The summed E-state index contributed by atoms with van der Waals surface area (Å²) in [7, 11) is 0. The molecule has 2 amide bonds. The number of rotatable bonds is 5. The molecule has 0 saturated carbocycles. The lowest BCUT2D eigenvalue weighted by atomic mass is 10.2. The van der Waals surface area contributed by atoms with E-state index in [1.165, 1.54) is 11.0 Å². The molecule has 168 valence electrons. The van der Waals surface area contributed by atoms with Gasteiger partial charge >= 0.3 is 5.97 Å². The van der Waals surface area contributed by atoms with E-state index in [0.717, 1.165) is 37.8 Å². The number of halogens is 2. The number of hydrogen-bond donors (Lipinski definition) is 1. The number of imide groups is 1. The van der Waals surface area contributed by atoms with Crippen molar-refractivity contribution in [1.29, 1.82) is 0 Å². The molecule has 0 unspecified atom stereocenters. The summed E-state index contributed by atoms with van der Waals surface area (Å²) in [6.45, 7) is 3.99. The molecule has 1 saturated heterocycles. The van der Waals surface area contributed by atoms with Crippen LogP contribution in [0.1, 0.15) is 32.9 Å². The number of nitrogens with zero attached hydrogens (tertiary/aromatic N) is 2. The number of thioether (sulfide) groups is 1. The molecule has 2 heterocycles. The number of aromatic carboxylic acids is 1. The molecular formula is C24H18ClIN2O4S. The summed E-state index contributed by atoms with van der Waals surface area (Å²) in [5.41, 5.74) is 4.00. The van der Waals surface area contributed by atoms with Gasteiger partial charge in [-0.15, -0.1) is 0 Å². The normalized spacial score (nSPS) is 15.0. The molecule has 2 aromatic carbocycles. The summed E-state index contributed by atoms with van der Waals surface area (Å²) in [5, 5.41) is 9.25. The fraction of sp³-hybridized carbons (Fsp3) is 0.125. The number of carbonyl (C=O) groups is 3. The van der Waals surface area contributed by atoms with Crippen molar-refractivity contribution >= 4 is 69.1 Å². The quantitative estimate of drug-likeness (QED) is 0.278. The molecule has 1 aliphatic rings. The fourth-order valence-electron chi connectivity index (χ4n) is 3.70. The average Bonchev–Trinajstić information content (AvgIpc) is 3.19. The van der Waals surface area contributed by atoms with Gasteiger partial charge in [-0.3, -0.25) is 14.5 Å². The van der Waals surface area contributed by atoms with Crippen LogP contribution in [-0.4, -0.2) is 31.7 Å². The van der Waals surface area contributed by atoms with Crippen molar-refractivity contribution < 1.29 is 19.5 Å². The molecule has 1 fully saturated rings. The Morgan fingerprint density at radius 1 is 1.12 bits per heavy atom. The van der Waals surface area contributed by atoms with Crippen molar-refractivity contribution in [3.05, 3.63) is 90.1 Å². The van der Waals surface area contributed by atoms with Crippen molar-refractivity contribution in [2.45, 2.75) is 20.4 Å². The van der Waals surface area contributed by atoms with Gasteiger partial charge < -0.3 is 9.67 Å². The van der Waals surface area contributed by atoms with Crippen LogP contribution >= 0.6 is 46.0 Å². The molecule has 0 spiro atoms. The van der Waals surface area contributed by atoms with Crippen molar-refractivity contribution in [2.75, 3.05) is 0 Å². The first-order chi connectivity index (χ1) is 15.7. The molecule has 0 radical (unpaired) electrons. The Hall–Kier alpha value is -2.56. The molecule has 4 rings (SSSR count). The first-order valence-electron chi connectivity index (χ1n) is 9.87. The second-order valence-corrected chi connectivity index (χ2v) is 10.2. The van der Waals surface area contributed by atoms with E-state index >= 15 is 0 Å². The number of carboxylic acids is 1. The van der Waals surface area contributed by atoms with Crippen LogP contribution in [0.4, 0.5) is 4.79 Å². The molecule has 3 aromatic rings. The van der Waals surface area contributed by atoms with Crippen LogP contribution in [0.15, 0.2) is 53.4 Å². The highest BCUT2D eigenvalue weighted by Crippen LogP contribution is 2.35. The zero-order chi connectivity index (χ0) is 23.9. The number of carbonyl (C=O) groups excluding carboxylic acids is 2. The maximum Gasteiger partial charge on any atom is 0.337 e. The van der Waals surface area contributed by atoms with Crippen LogP contribution < -0.4 is 0 Å². The summed E-state index contributed by atoms with van der Waals surface area (Å²) >= 11 is 9.13. The summed E-state index contributed by atoms with van der Waals surface area (Å²) in [5.74, 6) is -1.43. The van der Waals surface area contributed by atoms with E-state index in [0.29, 0.717) is 10.6 Å². The summed E-state index contributed by atoms with van der Waals surface area (Å²) in [6.07, 6.45) is 1.71. The van der Waals surface area contributed by atoms with Gasteiger partial charge in [-0.25, -0.2) is 4.79 Å². The minimum atomic E-state index is -1.11. The topological polar surface area (TPSA) is 79.6 Å². The second kappa shape index (κ2) is 9.36. The number of aromatic nitrogens is 1. The molecule has 1 aliphatic heterocycles. The van der Waals surface area contributed by atoms with E-state index in [2.05, 4.69) is 22.6 Å². The number of benzene rings is 2. The van der Waals surface area contributed by atoms with Crippen LogP contribution in [-0.2, 0) is 11.3 Å². The monoisotopic (exact) mass is 592 g/mol. The molecule has 6 nitrogen and oxygen atoms in total. The molecule has 1 N–H and O–H groups in total. The second-order valence-electron chi connectivity index (χ2n) is 7.53. The van der Waals surface area contributed by atoms with E-state index < -0.39 is 5.97 Å². The lowest BCUT2D eigenvalue weighted by Crippen LogP contribution is -2.27. The first kappa shape index (κ1) is 23.6. The van der Waals surface area contributed by atoms with Gasteiger partial charge in [0.15, 0.2) is 0 Å². The number of hydrogen-bond acceptors (Lipinski definition) is 4. The Bertz CT molecular complexity index is 1330. The Balaban J connectivity index is 1.64.